The number of hydrogen-bond donors (Lipinski definition) is 3. The van der Waals surface area contributed by atoms with Crippen LogP contribution in [0.3, 0.4) is 0 Å². The molecule has 0 aromatic rings. The predicted octanol–water partition coefficient (Wildman–Crippen LogP) is 3.81. The molecular formula is C30H48O7. The van der Waals surface area contributed by atoms with Crippen molar-refractivity contribution in [2.24, 2.45) is 46.3 Å². The minimum absolute atomic E-state index is 0.0781. The molecule has 7 nitrogen and oxygen atoms in total. The lowest BCUT2D eigenvalue weighted by atomic mass is 9.43. The first kappa shape index (κ1) is 26.5. The third-order valence-electron chi connectivity index (χ3n) is 12.8. The number of esters is 1. The van der Waals surface area contributed by atoms with Gasteiger partial charge in [-0.15, -0.1) is 0 Å². The molecule has 210 valence electrons. The number of carbonyl (C=O) groups is 1. The van der Waals surface area contributed by atoms with Gasteiger partial charge in [-0.25, -0.2) is 0 Å². The van der Waals surface area contributed by atoms with E-state index in [9.17, 15) is 20.1 Å². The fraction of sp³-hybridized carbons (Fsp3) is 0.967. The van der Waals surface area contributed by atoms with E-state index in [2.05, 4.69) is 34.6 Å². The zero-order valence-corrected chi connectivity index (χ0v) is 23.7. The molecule has 3 N–H and O–H groups in total. The van der Waals surface area contributed by atoms with E-state index >= 15 is 0 Å². The van der Waals surface area contributed by atoms with Crippen LogP contribution in [0.1, 0.15) is 93.4 Å². The summed E-state index contributed by atoms with van der Waals surface area (Å²) in [6.45, 7) is 14.2. The molecular weight excluding hydrogens is 472 g/mol. The number of rotatable bonds is 1. The molecule has 8 unspecified atom stereocenters. The number of aliphatic hydroxyl groups excluding tert-OH is 2. The van der Waals surface area contributed by atoms with Gasteiger partial charge in [0.05, 0.1) is 23.9 Å². The van der Waals surface area contributed by atoms with Crippen molar-refractivity contribution in [3.8, 4) is 0 Å². The standard InChI is InChI=1S/C30H48O7/c1-15-12-30(37-26(15,3)4)29(7,34)25-22(36-30)11-19-18-9-8-17-10-20(32)23(35-16(2)31)14-27(17,5)24(18)21(33)13-28(19,25)6/h15,17-25,32-34H,8-14H2,1-7H3/t15-,17?,18?,19?,20-,21-,22?,23+,24?,25?,27?,28?,29+,30-/m0/s1. The van der Waals surface area contributed by atoms with Crippen LogP contribution in [-0.4, -0.2) is 62.7 Å². The number of fused-ring (bicyclic) bond motifs is 7. The highest BCUT2D eigenvalue weighted by Crippen LogP contribution is 2.72. The van der Waals surface area contributed by atoms with Crippen molar-refractivity contribution < 1.29 is 34.3 Å². The van der Waals surface area contributed by atoms with Crippen molar-refractivity contribution in [1.29, 1.82) is 0 Å². The second-order valence-electron chi connectivity index (χ2n) is 15.1. The molecule has 7 heteroatoms. The second-order valence-corrected chi connectivity index (χ2v) is 15.1. The van der Waals surface area contributed by atoms with E-state index in [0.29, 0.717) is 43.4 Å². The third kappa shape index (κ3) is 3.39. The lowest BCUT2D eigenvalue weighted by molar-refractivity contribution is -0.300. The summed E-state index contributed by atoms with van der Waals surface area (Å²) in [4.78, 5) is 11.8. The largest absolute Gasteiger partial charge is 0.460 e. The first-order valence-corrected chi connectivity index (χ1v) is 14.7. The molecule has 4 saturated carbocycles. The average Bonchev–Trinajstić information content (AvgIpc) is 3.26. The minimum atomic E-state index is -1.15. The molecule has 1 spiro atoms. The van der Waals surface area contributed by atoms with Crippen LogP contribution in [0, 0.1) is 46.3 Å². The Morgan fingerprint density at radius 3 is 2.27 bits per heavy atom. The fourth-order valence-electron chi connectivity index (χ4n) is 11.0. The summed E-state index contributed by atoms with van der Waals surface area (Å²) < 4.78 is 18.9. The van der Waals surface area contributed by atoms with Crippen molar-refractivity contribution in [3.63, 3.8) is 0 Å². The van der Waals surface area contributed by atoms with Crippen LogP contribution in [0.5, 0.6) is 0 Å². The van der Waals surface area contributed by atoms with Crippen LogP contribution in [0.2, 0.25) is 0 Å². The highest BCUT2D eigenvalue weighted by Gasteiger charge is 2.77. The van der Waals surface area contributed by atoms with Gasteiger partial charge < -0.3 is 29.5 Å². The highest BCUT2D eigenvalue weighted by molar-refractivity contribution is 5.66. The van der Waals surface area contributed by atoms with Gasteiger partial charge in [0.2, 0.25) is 0 Å². The minimum Gasteiger partial charge on any atom is -0.460 e. The smallest absolute Gasteiger partial charge is 0.302 e. The summed E-state index contributed by atoms with van der Waals surface area (Å²) in [6.07, 6.45) is 3.63. The second kappa shape index (κ2) is 7.93. The molecule has 14 atom stereocenters. The molecule has 4 aliphatic carbocycles. The van der Waals surface area contributed by atoms with E-state index in [1.807, 2.05) is 6.92 Å². The van der Waals surface area contributed by atoms with Crippen LogP contribution in [-0.2, 0) is 19.0 Å². The van der Waals surface area contributed by atoms with E-state index in [1.54, 1.807) is 0 Å². The molecule has 0 aromatic heterocycles. The molecule has 2 saturated heterocycles. The molecule has 6 rings (SSSR count). The summed E-state index contributed by atoms with van der Waals surface area (Å²) >= 11 is 0. The van der Waals surface area contributed by atoms with Crippen LogP contribution in [0.15, 0.2) is 0 Å². The van der Waals surface area contributed by atoms with E-state index in [1.165, 1.54) is 6.92 Å². The Kier molecular flexibility index (Phi) is 5.68. The predicted molar refractivity (Wildman–Crippen MR) is 136 cm³/mol. The van der Waals surface area contributed by atoms with Crippen LogP contribution in [0.4, 0.5) is 0 Å². The summed E-state index contributed by atoms with van der Waals surface area (Å²) in [6, 6.07) is 0. The number of carbonyl (C=O) groups excluding carboxylic acids is 1. The summed E-state index contributed by atoms with van der Waals surface area (Å²) in [5.41, 5.74) is -1.98. The van der Waals surface area contributed by atoms with Gasteiger partial charge in [-0.2, -0.15) is 0 Å². The van der Waals surface area contributed by atoms with Crippen molar-refractivity contribution in [3.05, 3.63) is 0 Å². The monoisotopic (exact) mass is 520 g/mol. The molecule has 0 aromatic carbocycles. The zero-order chi connectivity index (χ0) is 26.9. The van der Waals surface area contributed by atoms with Gasteiger partial charge in [-0.05, 0) is 99.7 Å². The zero-order valence-electron chi connectivity index (χ0n) is 23.7. The van der Waals surface area contributed by atoms with Gasteiger partial charge in [0, 0.05) is 19.3 Å². The van der Waals surface area contributed by atoms with Crippen LogP contribution >= 0.6 is 0 Å². The van der Waals surface area contributed by atoms with E-state index in [4.69, 9.17) is 14.2 Å². The van der Waals surface area contributed by atoms with Crippen molar-refractivity contribution >= 4 is 5.97 Å². The maximum Gasteiger partial charge on any atom is 0.302 e. The maximum atomic E-state index is 12.2. The summed E-state index contributed by atoms with van der Waals surface area (Å²) in [5.74, 6) is -0.172. The topological polar surface area (TPSA) is 105 Å². The van der Waals surface area contributed by atoms with Gasteiger partial charge >= 0.3 is 5.97 Å². The summed E-state index contributed by atoms with van der Waals surface area (Å²) in [5, 5.41) is 34.9. The summed E-state index contributed by atoms with van der Waals surface area (Å²) in [7, 11) is 0. The average molecular weight is 521 g/mol. The highest BCUT2D eigenvalue weighted by atomic mass is 16.7. The molecule has 6 fully saturated rings. The lowest BCUT2D eigenvalue weighted by Gasteiger charge is -2.63. The molecule has 6 aliphatic rings. The Bertz CT molecular complexity index is 964. The van der Waals surface area contributed by atoms with Crippen LogP contribution in [0.25, 0.3) is 0 Å². The molecule has 0 amide bonds. The Hall–Kier alpha value is -0.730. The van der Waals surface area contributed by atoms with Gasteiger partial charge in [0.25, 0.3) is 0 Å². The van der Waals surface area contributed by atoms with Crippen LogP contribution < -0.4 is 0 Å². The molecule has 0 bridgehead atoms. The molecule has 2 heterocycles. The Morgan fingerprint density at radius 2 is 1.65 bits per heavy atom. The van der Waals surface area contributed by atoms with Gasteiger partial charge in [0.15, 0.2) is 5.79 Å². The third-order valence-corrected chi connectivity index (χ3v) is 12.8. The van der Waals surface area contributed by atoms with Gasteiger partial charge in [0.1, 0.15) is 11.7 Å². The number of hydrogen-bond acceptors (Lipinski definition) is 7. The first-order chi connectivity index (χ1) is 17.1. The maximum absolute atomic E-state index is 12.2. The lowest BCUT2D eigenvalue weighted by Crippen LogP contribution is -2.63. The molecule has 2 aliphatic heterocycles. The van der Waals surface area contributed by atoms with E-state index in [0.717, 1.165) is 19.3 Å². The Labute approximate surface area is 221 Å². The van der Waals surface area contributed by atoms with E-state index in [-0.39, 0.29) is 46.3 Å². The quantitative estimate of drug-likeness (QED) is 0.452. The van der Waals surface area contributed by atoms with Gasteiger partial charge in [-0.1, -0.05) is 20.8 Å². The molecule has 37 heavy (non-hydrogen) atoms. The number of ether oxygens (including phenoxy) is 3. The number of aliphatic hydroxyl groups is 3. The van der Waals surface area contributed by atoms with Crippen molar-refractivity contribution in [2.45, 2.75) is 135 Å². The van der Waals surface area contributed by atoms with Gasteiger partial charge in [-0.3, -0.25) is 4.79 Å². The SMILES string of the molecule is CC(=O)O[C@@H]1CC2(C)C(CCC3C4CC5O[C@]6(C[C@H](C)C(C)(C)O6)[C@](C)(O)C5C4(C)C[C@H](O)C32)C[C@@H]1O. The normalized spacial score (nSPS) is 59.9. The Balaban J connectivity index is 1.31. The van der Waals surface area contributed by atoms with Crippen molar-refractivity contribution in [1.82, 2.24) is 0 Å². The van der Waals surface area contributed by atoms with E-state index < -0.39 is 29.7 Å². The van der Waals surface area contributed by atoms with Crippen molar-refractivity contribution in [2.75, 3.05) is 0 Å². The fourth-order valence-corrected chi connectivity index (χ4v) is 11.0. The molecule has 0 radical (unpaired) electrons. The first-order valence-electron chi connectivity index (χ1n) is 14.7. The Morgan fingerprint density at radius 1 is 0.946 bits per heavy atom.